The van der Waals surface area contributed by atoms with Crippen LogP contribution in [0.3, 0.4) is 0 Å². The number of nitrogens with zero attached hydrogens (tertiary/aromatic N) is 1. The second-order valence-electron chi connectivity index (χ2n) is 5.36. The number of thioether (sulfide) groups is 1. The highest BCUT2D eigenvalue weighted by Crippen LogP contribution is 2.39. The van der Waals surface area contributed by atoms with Gasteiger partial charge in [-0.2, -0.15) is 4.39 Å². The first-order valence-electron chi connectivity index (χ1n) is 7.36. The second-order valence-corrected chi connectivity index (χ2v) is 6.16. The molecule has 0 saturated heterocycles. The van der Waals surface area contributed by atoms with Crippen molar-refractivity contribution >= 4 is 28.6 Å². The molecule has 0 spiro atoms. The summed E-state index contributed by atoms with van der Waals surface area (Å²) in [6, 6.07) is 0.544. The van der Waals surface area contributed by atoms with Gasteiger partial charge in [0, 0.05) is 0 Å². The van der Waals surface area contributed by atoms with Crippen molar-refractivity contribution in [3.63, 3.8) is 0 Å². The van der Waals surface area contributed by atoms with Gasteiger partial charge in [-0.25, -0.2) is 9.18 Å². The van der Waals surface area contributed by atoms with Crippen molar-refractivity contribution in [1.82, 2.24) is 4.57 Å². The van der Waals surface area contributed by atoms with E-state index in [1.807, 2.05) is 6.92 Å². The van der Waals surface area contributed by atoms with Crippen LogP contribution in [0.4, 0.5) is 8.78 Å². The third kappa shape index (κ3) is 2.28. The Morgan fingerprint density at radius 1 is 1.50 bits per heavy atom. The van der Waals surface area contributed by atoms with Crippen LogP contribution in [0.1, 0.15) is 30.2 Å². The molecule has 0 amide bonds. The fourth-order valence-electron chi connectivity index (χ4n) is 2.87. The minimum atomic E-state index is -1.19. The van der Waals surface area contributed by atoms with Crippen LogP contribution in [0.5, 0.6) is 5.75 Å². The molecule has 0 saturated carbocycles. The molecule has 5 nitrogen and oxygen atoms in total. The number of halogens is 2. The molecule has 1 aromatic heterocycles. The van der Waals surface area contributed by atoms with Crippen LogP contribution in [-0.2, 0) is 4.74 Å². The summed E-state index contributed by atoms with van der Waals surface area (Å²) in [5, 5.41) is 0.255. The van der Waals surface area contributed by atoms with Crippen LogP contribution in [0.25, 0.3) is 10.9 Å². The van der Waals surface area contributed by atoms with Gasteiger partial charge in [0.05, 0.1) is 28.6 Å². The lowest BCUT2D eigenvalue weighted by Crippen LogP contribution is -2.30. The van der Waals surface area contributed by atoms with Gasteiger partial charge in [-0.1, -0.05) is 0 Å². The van der Waals surface area contributed by atoms with Crippen LogP contribution in [0, 0.1) is 11.6 Å². The average molecular weight is 355 g/mol. The fraction of sp³-hybridized carbons (Fsp3) is 0.375. The first-order valence-corrected chi connectivity index (χ1v) is 8.58. The Morgan fingerprint density at radius 2 is 2.21 bits per heavy atom. The van der Waals surface area contributed by atoms with E-state index in [2.05, 4.69) is 0 Å². The van der Waals surface area contributed by atoms with Crippen molar-refractivity contribution in [2.24, 2.45) is 0 Å². The van der Waals surface area contributed by atoms with Gasteiger partial charge in [-0.05, 0) is 26.2 Å². The molecule has 1 atom stereocenters. The number of ether oxygens (including phenoxy) is 2. The van der Waals surface area contributed by atoms with Gasteiger partial charge in [0.2, 0.25) is 11.2 Å². The summed E-state index contributed by atoms with van der Waals surface area (Å²) in [5.74, 6) is -3.41. The van der Waals surface area contributed by atoms with Gasteiger partial charge in [-0.15, -0.1) is 11.8 Å². The standard InChI is InChI=1S/C16H15F2NO4S/c1-4-22-16(21)10-13(20)8-5-9(17)11(18)14-12(8)19(15(10)24-3)7(2)6-23-14/h5,7H,4,6H2,1-3H3. The number of aromatic nitrogens is 1. The van der Waals surface area contributed by atoms with Crippen molar-refractivity contribution in [3.8, 4) is 5.75 Å². The summed E-state index contributed by atoms with van der Waals surface area (Å²) in [6.07, 6.45) is 1.70. The van der Waals surface area contributed by atoms with E-state index in [-0.39, 0.29) is 41.5 Å². The Labute approximate surface area is 140 Å². The van der Waals surface area contributed by atoms with E-state index in [1.165, 1.54) is 11.8 Å². The largest absolute Gasteiger partial charge is 0.486 e. The topological polar surface area (TPSA) is 57.5 Å². The molecule has 3 rings (SSSR count). The minimum absolute atomic E-state index is 0.0984. The zero-order valence-electron chi connectivity index (χ0n) is 13.3. The van der Waals surface area contributed by atoms with Gasteiger partial charge in [0.1, 0.15) is 12.2 Å². The first-order chi connectivity index (χ1) is 11.4. The van der Waals surface area contributed by atoms with Gasteiger partial charge in [0.15, 0.2) is 11.6 Å². The Kier molecular flexibility index (Phi) is 4.25. The number of pyridine rings is 1. The molecule has 0 radical (unpaired) electrons. The number of esters is 1. The number of hydrogen-bond acceptors (Lipinski definition) is 5. The van der Waals surface area contributed by atoms with Gasteiger partial charge in [0.25, 0.3) is 0 Å². The van der Waals surface area contributed by atoms with E-state index in [1.54, 1.807) is 17.7 Å². The molecule has 24 heavy (non-hydrogen) atoms. The lowest BCUT2D eigenvalue weighted by Gasteiger charge is -2.29. The molecule has 1 unspecified atom stereocenters. The van der Waals surface area contributed by atoms with Crippen LogP contribution < -0.4 is 10.2 Å². The molecular formula is C16H15F2NO4S. The summed E-state index contributed by atoms with van der Waals surface area (Å²) in [7, 11) is 0. The minimum Gasteiger partial charge on any atom is -0.486 e. The monoisotopic (exact) mass is 355 g/mol. The Hall–Kier alpha value is -2.09. The Bertz CT molecular complexity index is 910. The van der Waals surface area contributed by atoms with E-state index < -0.39 is 23.0 Å². The quantitative estimate of drug-likeness (QED) is 0.625. The maximum absolute atomic E-state index is 14.1. The van der Waals surface area contributed by atoms with Gasteiger partial charge >= 0.3 is 5.97 Å². The van der Waals surface area contributed by atoms with E-state index in [4.69, 9.17) is 9.47 Å². The van der Waals surface area contributed by atoms with E-state index >= 15 is 0 Å². The SMILES string of the molecule is CCOC(=O)c1c(SC)n2c3c(c(F)c(F)cc3c1=O)OCC2C. The molecule has 0 bridgehead atoms. The predicted octanol–water partition coefficient (Wildman–Crippen LogP) is 3.13. The smallest absolute Gasteiger partial charge is 0.344 e. The molecule has 2 heterocycles. The molecule has 128 valence electrons. The lowest BCUT2D eigenvalue weighted by atomic mass is 10.1. The fourth-order valence-corrected chi connectivity index (χ4v) is 3.72. The number of carbonyl (C=O) groups excluding carboxylic acids is 1. The third-order valence-corrected chi connectivity index (χ3v) is 4.67. The number of carbonyl (C=O) groups is 1. The normalized spacial score (nSPS) is 16.1. The number of benzene rings is 1. The first kappa shape index (κ1) is 16.8. The summed E-state index contributed by atoms with van der Waals surface area (Å²) in [6.45, 7) is 3.64. The predicted molar refractivity (Wildman–Crippen MR) is 86.1 cm³/mol. The molecule has 0 N–H and O–H groups in total. The highest BCUT2D eigenvalue weighted by molar-refractivity contribution is 7.98. The van der Waals surface area contributed by atoms with E-state index in [0.717, 1.165) is 6.07 Å². The van der Waals surface area contributed by atoms with Gasteiger partial charge < -0.3 is 14.0 Å². The van der Waals surface area contributed by atoms with Gasteiger partial charge in [-0.3, -0.25) is 4.79 Å². The average Bonchev–Trinajstić information content (AvgIpc) is 2.55. The number of rotatable bonds is 3. The summed E-state index contributed by atoms with van der Waals surface area (Å²) in [5.41, 5.74) is -0.695. The summed E-state index contributed by atoms with van der Waals surface area (Å²) < 4.78 is 39.9. The Morgan fingerprint density at radius 3 is 2.83 bits per heavy atom. The van der Waals surface area contributed by atoms with Crippen LogP contribution in [-0.4, -0.2) is 30.0 Å². The molecule has 1 aromatic carbocycles. The van der Waals surface area contributed by atoms with Crippen LogP contribution in [0.15, 0.2) is 15.9 Å². The molecule has 1 aliphatic heterocycles. The van der Waals surface area contributed by atoms with Crippen LogP contribution >= 0.6 is 11.8 Å². The zero-order valence-corrected chi connectivity index (χ0v) is 14.1. The van der Waals surface area contributed by atoms with E-state index in [0.29, 0.717) is 5.03 Å². The number of hydrogen-bond donors (Lipinski definition) is 0. The molecule has 0 aliphatic carbocycles. The molecule has 1 aliphatic rings. The van der Waals surface area contributed by atoms with Crippen molar-refractivity contribution in [1.29, 1.82) is 0 Å². The summed E-state index contributed by atoms with van der Waals surface area (Å²) >= 11 is 1.18. The van der Waals surface area contributed by atoms with Crippen molar-refractivity contribution < 1.29 is 23.0 Å². The molecular weight excluding hydrogens is 340 g/mol. The third-order valence-electron chi connectivity index (χ3n) is 3.88. The van der Waals surface area contributed by atoms with Crippen molar-refractivity contribution in [3.05, 3.63) is 33.5 Å². The zero-order chi connectivity index (χ0) is 17.6. The maximum atomic E-state index is 14.1. The molecule has 0 fully saturated rings. The lowest BCUT2D eigenvalue weighted by molar-refractivity contribution is 0.0518. The Balaban J connectivity index is 2.53. The highest BCUT2D eigenvalue weighted by Gasteiger charge is 2.32. The van der Waals surface area contributed by atoms with Crippen LogP contribution in [0.2, 0.25) is 0 Å². The van der Waals surface area contributed by atoms with E-state index in [9.17, 15) is 18.4 Å². The second kappa shape index (κ2) is 6.08. The molecule has 2 aromatic rings. The van der Waals surface area contributed by atoms with Crippen molar-refractivity contribution in [2.45, 2.75) is 24.9 Å². The van der Waals surface area contributed by atoms with Crippen molar-refractivity contribution in [2.75, 3.05) is 19.5 Å². The highest BCUT2D eigenvalue weighted by atomic mass is 32.2. The molecule has 8 heteroatoms. The maximum Gasteiger partial charge on any atom is 0.344 e. The summed E-state index contributed by atoms with van der Waals surface area (Å²) in [4.78, 5) is 25.0.